The quantitative estimate of drug-likeness (QED) is 0.667. The fraction of sp³-hybridized carbons (Fsp3) is 0.417. The molecular weight excluding hydrogens is 320 g/mol. The lowest BCUT2D eigenvalue weighted by atomic mass is 10.0. The lowest BCUT2D eigenvalue weighted by Gasteiger charge is -2.24. The Morgan fingerprint density at radius 2 is 2.14 bits per heavy atom. The van der Waals surface area contributed by atoms with Crippen LogP contribution < -0.4 is 5.32 Å². The summed E-state index contributed by atoms with van der Waals surface area (Å²) in [5, 5.41) is 13.2. The predicted octanol–water partition coefficient (Wildman–Crippen LogP) is 1.56. The molecule has 1 atom stereocenters. The minimum absolute atomic E-state index is 0.0256. The van der Waals surface area contributed by atoms with E-state index in [1.165, 1.54) is 12.1 Å². The average molecular weight is 333 g/mol. The van der Waals surface area contributed by atoms with Gasteiger partial charge in [-0.05, 0) is 19.4 Å². The number of hydrogen-bond donors (Lipinski definition) is 1. The first-order chi connectivity index (χ1) is 9.62. The molecule has 1 saturated heterocycles. The van der Waals surface area contributed by atoms with Gasteiger partial charge in [0.15, 0.2) is 9.84 Å². The summed E-state index contributed by atoms with van der Waals surface area (Å²) in [4.78, 5) is 22.2. The first-order valence-electron chi connectivity index (χ1n) is 6.09. The molecule has 21 heavy (non-hydrogen) atoms. The van der Waals surface area contributed by atoms with Gasteiger partial charge in [0.2, 0.25) is 0 Å². The SMILES string of the molecule is C[C@@]1(NC(=O)c2ccc([N+](=O)[O-])cc2Cl)CCS(=O)(=O)C1. The Bertz CT molecular complexity index is 718. The third-order valence-electron chi connectivity index (χ3n) is 3.33. The number of rotatable bonds is 3. The number of nitro groups is 1. The molecule has 1 aliphatic heterocycles. The van der Waals surface area contributed by atoms with Gasteiger partial charge in [0.1, 0.15) is 0 Å². The van der Waals surface area contributed by atoms with E-state index in [1.54, 1.807) is 6.92 Å². The van der Waals surface area contributed by atoms with E-state index in [-0.39, 0.29) is 27.8 Å². The number of non-ortho nitro benzene ring substituents is 1. The number of halogens is 1. The number of nitrogens with zero attached hydrogens (tertiary/aromatic N) is 1. The summed E-state index contributed by atoms with van der Waals surface area (Å²) < 4.78 is 23.0. The highest BCUT2D eigenvalue weighted by Crippen LogP contribution is 2.26. The second kappa shape index (κ2) is 5.27. The Labute approximate surface area is 126 Å². The van der Waals surface area contributed by atoms with Crippen LogP contribution in [0.5, 0.6) is 0 Å². The van der Waals surface area contributed by atoms with Crippen molar-refractivity contribution in [2.75, 3.05) is 11.5 Å². The van der Waals surface area contributed by atoms with E-state index in [0.717, 1.165) is 6.07 Å². The number of hydrogen-bond acceptors (Lipinski definition) is 5. The van der Waals surface area contributed by atoms with Crippen molar-refractivity contribution in [2.45, 2.75) is 18.9 Å². The number of nitrogens with one attached hydrogen (secondary N) is 1. The van der Waals surface area contributed by atoms with Crippen LogP contribution in [-0.2, 0) is 9.84 Å². The molecule has 1 aromatic carbocycles. The smallest absolute Gasteiger partial charge is 0.270 e. The van der Waals surface area contributed by atoms with Gasteiger partial charge in [-0.25, -0.2) is 8.42 Å². The molecule has 1 aromatic rings. The molecule has 0 spiro atoms. The monoisotopic (exact) mass is 332 g/mol. The summed E-state index contributed by atoms with van der Waals surface area (Å²) in [7, 11) is -3.15. The summed E-state index contributed by atoms with van der Waals surface area (Å²) >= 11 is 5.87. The predicted molar refractivity (Wildman–Crippen MR) is 77.2 cm³/mol. The molecule has 0 bridgehead atoms. The van der Waals surface area contributed by atoms with Gasteiger partial charge in [0.25, 0.3) is 11.6 Å². The molecule has 1 heterocycles. The Kier molecular flexibility index (Phi) is 3.94. The lowest BCUT2D eigenvalue weighted by molar-refractivity contribution is -0.384. The van der Waals surface area contributed by atoms with Gasteiger partial charge in [-0.3, -0.25) is 14.9 Å². The summed E-state index contributed by atoms with van der Waals surface area (Å²) in [5.74, 6) is -0.650. The molecule has 0 unspecified atom stereocenters. The van der Waals surface area contributed by atoms with E-state index in [2.05, 4.69) is 5.32 Å². The van der Waals surface area contributed by atoms with Crippen LogP contribution in [-0.4, -0.2) is 36.3 Å². The minimum atomic E-state index is -3.15. The van der Waals surface area contributed by atoms with E-state index >= 15 is 0 Å². The van der Waals surface area contributed by atoms with Crippen molar-refractivity contribution in [2.24, 2.45) is 0 Å². The Balaban J connectivity index is 2.20. The van der Waals surface area contributed by atoms with Gasteiger partial charge in [-0.1, -0.05) is 11.6 Å². The highest BCUT2D eigenvalue weighted by atomic mass is 35.5. The van der Waals surface area contributed by atoms with Gasteiger partial charge in [-0.2, -0.15) is 0 Å². The normalized spacial score (nSPS) is 23.7. The molecule has 2 rings (SSSR count). The fourth-order valence-electron chi connectivity index (χ4n) is 2.25. The molecule has 1 fully saturated rings. The van der Waals surface area contributed by atoms with Crippen molar-refractivity contribution in [3.05, 3.63) is 38.9 Å². The summed E-state index contributed by atoms with van der Waals surface area (Å²) in [6.45, 7) is 1.65. The summed E-state index contributed by atoms with van der Waals surface area (Å²) in [5.41, 5.74) is -0.986. The van der Waals surface area contributed by atoms with E-state index in [0.29, 0.717) is 6.42 Å². The van der Waals surface area contributed by atoms with Crippen LogP contribution in [0, 0.1) is 10.1 Å². The van der Waals surface area contributed by atoms with E-state index in [1.807, 2.05) is 0 Å². The topological polar surface area (TPSA) is 106 Å². The van der Waals surface area contributed by atoms with Crippen molar-refractivity contribution in [1.29, 1.82) is 0 Å². The molecule has 0 radical (unpaired) electrons. The van der Waals surface area contributed by atoms with Gasteiger partial charge in [0, 0.05) is 12.1 Å². The van der Waals surface area contributed by atoms with Gasteiger partial charge < -0.3 is 5.32 Å². The molecule has 7 nitrogen and oxygen atoms in total. The van der Waals surface area contributed by atoms with Crippen LogP contribution in [0.15, 0.2) is 18.2 Å². The minimum Gasteiger partial charge on any atom is -0.346 e. The van der Waals surface area contributed by atoms with Crippen molar-refractivity contribution in [1.82, 2.24) is 5.32 Å². The summed E-state index contributed by atoms with van der Waals surface area (Å²) in [6.07, 6.45) is 0.325. The molecule has 0 aromatic heterocycles. The number of carbonyl (C=O) groups is 1. The molecule has 114 valence electrons. The highest BCUT2D eigenvalue weighted by molar-refractivity contribution is 7.91. The largest absolute Gasteiger partial charge is 0.346 e. The Morgan fingerprint density at radius 3 is 2.62 bits per heavy atom. The number of benzene rings is 1. The molecule has 1 N–H and O–H groups in total. The van der Waals surface area contributed by atoms with Crippen LogP contribution in [0.25, 0.3) is 0 Å². The maximum absolute atomic E-state index is 12.2. The first-order valence-corrected chi connectivity index (χ1v) is 8.29. The average Bonchev–Trinajstić information content (AvgIpc) is 2.62. The van der Waals surface area contributed by atoms with E-state index < -0.39 is 26.2 Å². The Hall–Kier alpha value is -1.67. The van der Waals surface area contributed by atoms with Gasteiger partial charge in [-0.15, -0.1) is 0 Å². The molecule has 1 amide bonds. The number of amides is 1. The third kappa shape index (κ3) is 3.51. The van der Waals surface area contributed by atoms with Crippen LogP contribution in [0.4, 0.5) is 5.69 Å². The van der Waals surface area contributed by atoms with Crippen molar-refractivity contribution >= 4 is 33.0 Å². The van der Waals surface area contributed by atoms with Crippen LogP contribution in [0.1, 0.15) is 23.7 Å². The second-order valence-corrected chi connectivity index (χ2v) is 7.87. The molecule has 0 aliphatic carbocycles. The highest BCUT2D eigenvalue weighted by Gasteiger charge is 2.39. The first kappa shape index (κ1) is 15.7. The molecule has 0 saturated carbocycles. The molecule has 1 aliphatic rings. The van der Waals surface area contributed by atoms with E-state index in [9.17, 15) is 23.3 Å². The Morgan fingerprint density at radius 1 is 1.48 bits per heavy atom. The standard InChI is InChI=1S/C12H13ClN2O5S/c1-12(4-5-21(19,20)7-12)14-11(16)9-3-2-8(15(17)18)6-10(9)13/h2-3,6H,4-5,7H2,1H3,(H,14,16)/t12-/m1/s1. The zero-order chi connectivity index (χ0) is 15.8. The summed E-state index contributed by atoms with van der Waals surface area (Å²) in [6, 6.07) is 3.52. The molecule has 9 heteroatoms. The van der Waals surface area contributed by atoms with Crippen molar-refractivity contribution < 1.29 is 18.1 Å². The zero-order valence-electron chi connectivity index (χ0n) is 11.1. The maximum Gasteiger partial charge on any atom is 0.270 e. The van der Waals surface area contributed by atoms with Gasteiger partial charge >= 0.3 is 0 Å². The van der Waals surface area contributed by atoms with E-state index in [4.69, 9.17) is 11.6 Å². The van der Waals surface area contributed by atoms with Crippen LogP contribution in [0.3, 0.4) is 0 Å². The lowest BCUT2D eigenvalue weighted by Crippen LogP contribution is -2.47. The number of carbonyl (C=O) groups excluding carboxylic acids is 1. The second-order valence-electron chi connectivity index (χ2n) is 5.28. The third-order valence-corrected chi connectivity index (χ3v) is 5.54. The van der Waals surface area contributed by atoms with Crippen molar-refractivity contribution in [3.63, 3.8) is 0 Å². The zero-order valence-corrected chi connectivity index (χ0v) is 12.7. The maximum atomic E-state index is 12.2. The number of sulfone groups is 1. The number of nitro benzene ring substituents is 1. The fourth-order valence-corrected chi connectivity index (χ4v) is 4.61. The molecular formula is C12H13ClN2O5S. The van der Waals surface area contributed by atoms with Crippen molar-refractivity contribution in [3.8, 4) is 0 Å². The van der Waals surface area contributed by atoms with Gasteiger partial charge in [0.05, 0.1) is 32.6 Å². The van der Waals surface area contributed by atoms with Crippen LogP contribution >= 0.6 is 11.6 Å². The van der Waals surface area contributed by atoms with Crippen LogP contribution in [0.2, 0.25) is 5.02 Å².